The highest BCUT2D eigenvalue weighted by Crippen LogP contribution is 2.40. The summed E-state index contributed by atoms with van der Waals surface area (Å²) in [4.78, 5) is 10.7. The van der Waals surface area contributed by atoms with Crippen LogP contribution in [0.1, 0.15) is 50.4 Å². The van der Waals surface area contributed by atoms with Crippen molar-refractivity contribution in [2.75, 3.05) is 0 Å². The van der Waals surface area contributed by atoms with Crippen molar-refractivity contribution in [2.24, 2.45) is 11.3 Å². The van der Waals surface area contributed by atoms with E-state index in [2.05, 4.69) is 36.7 Å². The van der Waals surface area contributed by atoms with E-state index in [1.165, 1.54) is 6.42 Å². The number of aldehydes is 1. The fraction of sp³-hybridized carbons (Fsp3) is 0.562. The van der Waals surface area contributed by atoms with Crippen molar-refractivity contribution in [2.45, 2.75) is 46.1 Å². The Kier molecular flexibility index (Phi) is 4.34. The van der Waals surface area contributed by atoms with Crippen molar-refractivity contribution < 1.29 is 9.53 Å². The van der Waals surface area contributed by atoms with Crippen LogP contribution in [-0.4, -0.2) is 12.4 Å². The van der Waals surface area contributed by atoms with Crippen molar-refractivity contribution >= 4 is 22.2 Å². The smallest absolute Gasteiger partial charge is 0.150 e. The molecule has 1 saturated carbocycles. The van der Waals surface area contributed by atoms with Crippen molar-refractivity contribution in [3.63, 3.8) is 0 Å². The van der Waals surface area contributed by atoms with E-state index in [0.29, 0.717) is 16.9 Å². The molecule has 0 amide bonds. The van der Waals surface area contributed by atoms with Crippen LogP contribution in [0.25, 0.3) is 0 Å². The Bertz CT molecular complexity index is 468. The van der Waals surface area contributed by atoms with Gasteiger partial charge >= 0.3 is 0 Å². The fourth-order valence-electron chi connectivity index (χ4n) is 3.21. The van der Waals surface area contributed by atoms with Crippen LogP contribution in [0.15, 0.2) is 22.7 Å². The summed E-state index contributed by atoms with van der Waals surface area (Å²) in [5.74, 6) is 1.53. The van der Waals surface area contributed by atoms with Gasteiger partial charge in [-0.3, -0.25) is 4.79 Å². The summed E-state index contributed by atoms with van der Waals surface area (Å²) >= 11 is 3.47. The second-order valence-electron chi connectivity index (χ2n) is 6.46. The summed E-state index contributed by atoms with van der Waals surface area (Å²) in [6.07, 6.45) is 4.56. The molecule has 19 heavy (non-hydrogen) atoms. The Balaban J connectivity index is 2.10. The number of rotatable bonds is 3. The van der Waals surface area contributed by atoms with Gasteiger partial charge in [0.05, 0.1) is 10.6 Å². The SMILES string of the molecule is CC1CC(Oc2ccc(C=O)cc2Br)CC(C)(C)C1. The van der Waals surface area contributed by atoms with Gasteiger partial charge in [0.25, 0.3) is 0 Å². The zero-order valence-corrected chi connectivity index (χ0v) is 13.4. The summed E-state index contributed by atoms with van der Waals surface area (Å²) in [6, 6.07) is 5.48. The summed E-state index contributed by atoms with van der Waals surface area (Å²) in [5, 5.41) is 0. The van der Waals surface area contributed by atoms with E-state index < -0.39 is 0 Å². The van der Waals surface area contributed by atoms with Crippen molar-refractivity contribution in [1.29, 1.82) is 0 Å². The van der Waals surface area contributed by atoms with Gasteiger partial charge in [0.15, 0.2) is 0 Å². The Morgan fingerprint density at radius 2 is 2.11 bits per heavy atom. The largest absolute Gasteiger partial charge is 0.489 e. The molecular formula is C16H21BrO2. The zero-order valence-electron chi connectivity index (χ0n) is 11.8. The van der Waals surface area contributed by atoms with E-state index in [1.54, 1.807) is 12.1 Å². The Morgan fingerprint density at radius 3 is 2.68 bits per heavy atom. The van der Waals surface area contributed by atoms with Crippen LogP contribution in [0.4, 0.5) is 0 Å². The Labute approximate surface area is 123 Å². The van der Waals surface area contributed by atoms with Crippen LogP contribution in [0.3, 0.4) is 0 Å². The van der Waals surface area contributed by atoms with E-state index in [-0.39, 0.29) is 6.10 Å². The lowest BCUT2D eigenvalue weighted by molar-refractivity contribution is 0.0557. The molecule has 3 heteroatoms. The summed E-state index contributed by atoms with van der Waals surface area (Å²) < 4.78 is 6.98. The molecule has 2 unspecified atom stereocenters. The standard InChI is InChI=1S/C16H21BrO2/c1-11-6-13(9-16(2,3)8-11)19-15-5-4-12(10-18)7-14(15)17/h4-5,7,10-11,13H,6,8-9H2,1-3H3. The molecule has 1 aliphatic carbocycles. The third kappa shape index (κ3) is 3.82. The van der Waals surface area contributed by atoms with Crippen molar-refractivity contribution in [3.05, 3.63) is 28.2 Å². The highest BCUT2D eigenvalue weighted by molar-refractivity contribution is 9.10. The number of hydrogen-bond acceptors (Lipinski definition) is 2. The van der Waals surface area contributed by atoms with Gasteiger partial charge in [0.2, 0.25) is 0 Å². The third-order valence-corrected chi connectivity index (χ3v) is 4.35. The van der Waals surface area contributed by atoms with Gasteiger partial charge in [-0.1, -0.05) is 20.8 Å². The Hall–Kier alpha value is -0.830. The number of carbonyl (C=O) groups is 1. The molecule has 1 fully saturated rings. The quantitative estimate of drug-likeness (QED) is 0.742. The molecule has 0 aliphatic heterocycles. The van der Waals surface area contributed by atoms with E-state index in [4.69, 9.17) is 4.74 Å². The molecular weight excluding hydrogens is 304 g/mol. The fourth-order valence-corrected chi connectivity index (χ4v) is 3.70. The summed E-state index contributed by atoms with van der Waals surface area (Å²) in [5.41, 5.74) is 1.01. The molecule has 0 bridgehead atoms. The molecule has 104 valence electrons. The second kappa shape index (κ2) is 5.66. The number of carbonyl (C=O) groups excluding carboxylic acids is 1. The van der Waals surface area contributed by atoms with Crippen LogP contribution >= 0.6 is 15.9 Å². The molecule has 2 rings (SSSR count). The van der Waals surface area contributed by atoms with Crippen LogP contribution in [0, 0.1) is 11.3 Å². The molecule has 2 nitrogen and oxygen atoms in total. The van der Waals surface area contributed by atoms with E-state index in [0.717, 1.165) is 29.4 Å². The van der Waals surface area contributed by atoms with Gasteiger partial charge in [-0.15, -0.1) is 0 Å². The number of hydrogen-bond donors (Lipinski definition) is 0. The molecule has 0 radical (unpaired) electrons. The minimum absolute atomic E-state index is 0.261. The maximum Gasteiger partial charge on any atom is 0.150 e. The molecule has 1 aliphatic rings. The maximum atomic E-state index is 10.7. The predicted molar refractivity (Wildman–Crippen MR) is 80.7 cm³/mol. The van der Waals surface area contributed by atoms with Crippen molar-refractivity contribution in [3.8, 4) is 5.75 Å². The van der Waals surface area contributed by atoms with Gasteiger partial charge in [0.1, 0.15) is 12.0 Å². The van der Waals surface area contributed by atoms with Crippen LogP contribution in [-0.2, 0) is 0 Å². The first-order chi connectivity index (χ1) is 8.89. The molecule has 0 aromatic heterocycles. The lowest BCUT2D eigenvalue weighted by Crippen LogP contribution is -2.34. The van der Waals surface area contributed by atoms with E-state index in [9.17, 15) is 4.79 Å². The van der Waals surface area contributed by atoms with Crippen LogP contribution < -0.4 is 4.74 Å². The number of halogens is 1. The molecule has 1 aromatic rings. The van der Waals surface area contributed by atoms with Gasteiger partial charge in [-0.25, -0.2) is 0 Å². The first-order valence-corrected chi connectivity index (χ1v) is 7.60. The van der Waals surface area contributed by atoms with Gasteiger partial charge in [0, 0.05) is 5.56 Å². The topological polar surface area (TPSA) is 26.3 Å². The van der Waals surface area contributed by atoms with E-state index >= 15 is 0 Å². The lowest BCUT2D eigenvalue weighted by Gasteiger charge is -2.39. The van der Waals surface area contributed by atoms with Gasteiger partial charge < -0.3 is 4.74 Å². The first kappa shape index (κ1) is 14.6. The zero-order chi connectivity index (χ0) is 14.0. The summed E-state index contributed by atoms with van der Waals surface area (Å²) in [7, 11) is 0. The van der Waals surface area contributed by atoms with Crippen LogP contribution in [0.2, 0.25) is 0 Å². The summed E-state index contributed by atoms with van der Waals surface area (Å²) in [6.45, 7) is 6.91. The minimum atomic E-state index is 0.261. The monoisotopic (exact) mass is 324 g/mol. The molecule has 2 atom stereocenters. The van der Waals surface area contributed by atoms with E-state index in [1.807, 2.05) is 6.07 Å². The third-order valence-electron chi connectivity index (χ3n) is 3.73. The normalized spacial score (nSPS) is 25.9. The minimum Gasteiger partial charge on any atom is -0.489 e. The Morgan fingerprint density at radius 1 is 1.37 bits per heavy atom. The maximum absolute atomic E-state index is 10.7. The lowest BCUT2D eigenvalue weighted by atomic mass is 9.71. The molecule has 0 saturated heterocycles. The molecule has 0 heterocycles. The second-order valence-corrected chi connectivity index (χ2v) is 7.32. The van der Waals surface area contributed by atoms with Gasteiger partial charge in [-0.2, -0.15) is 0 Å². The number of benzene rings is 1. The molecule has 1 aromatic carbocycles. The predicted octanol–water partition coefficient (Wildman–Crippen LogP) is 4.86. The molecule has 0 spiro atoms. The first-order valence-electron chi connectivity index (χ1n) is 6.81. The van der Waals surface area contributed by atoms with Crippen molar-refractivity contribution in [1.82, 2.24) is 0 Å². The highest BCUT2D eigenvalue weighted by atomic mass is 79.9. The average molecular weight is 325 g/mol. The average Bonchev–Trinajstić information content (AvgIpc) is 2.29. The van der Waals surface area contributed by atoms with Gasteiger partial charge in [-0.05, 0) is 64.7 Å². The highest BCUT2D eigenvalue weighted by Gasteiger charge is 2.33. The number of ether oxygens (including phenoxy) is 1. The van der Waals surface area contributed by atoms with Crippen LogP contribution in [0.5, 0.6) is 5.75 Å². The molecule has 0 N–H and O–H groups in total.